The van der Waals surface area contributed by atoms with Gasteiger partial charge in [0, 0.05) is 36.8 Å². The molecule has 3 heterocycles. The summed E-state index contributed by atoms with van der Waals surface area (Å²) in [6.45, 7) is 5.33. The van der Waals surface area contributed by atoms with Crippen LogP contribution in [-0.2, 0) is 13.0 Å². The molecule has 0 aliphatic rings. The summed E-state index contributed by atoms with van der Waals surface area (Å²) < 4.78 is 7.20. The Kier molecular flexibility index (Phi) is 5.46. The lowest BCUT2D eigenvalue weighted by Crippen LogP contribution is -2.20. The van der Waals surface area contributed by atoms with Crippen molar-refractivity contribution in [2.24, 2.45) is 0 Å². The monoisotopic (exact) mass is 409 g/mol. The van der Waals surface area contributed by atoms with E-state index in [0.717, 1.165) is 32.3 Å². The van der Waals surface area contributed by atoms with E-state index in [9.17, 15) is 4.79 Å². The number of nitrogens with one attached hydrogen (secondary N) is 2. The van der Waals surface area contributed by atoms with Gasteiger partial charge in [-0.2, -0.15) is 5.10 Å². The fourth-order valence-corrected chi connectivity index (χ4v) is 4.36. The SMILES string of the molecule is COc1ccc(-n2cccn2)c(CNCCc2nc3sc(C)c(C)c3c(=O)[nH]2)c1. The van der Waals surface area contributed by atoms with E-state index in [0.29, 0.717) is 30.7 Å². The van der Waals surface area contributed by atoms with E-state index >= 15 is 0 Å². The Morgan fingerprint density at radius 3 is 2.93 bits per heavy atom. The van der Waals surface area contributed by atoms with Gasteiger partial charge in [-0.3, -0.25) is 4.79 Å². The zero-order valence-electron chi connectivity index (χ0n) is 16.7. The van der Waals surface area contributed by atoms with E-state index in [1.807, 2.05) is 49.0 Å². The first-order chi connectivity index (χ1) is 14.1. The summed E-state index contributed by atoms with van der Waals surface area (Å²) in [4.78, 5) is 21.9. The summed E-state index contributed by atoms with van der Waals surface area (Å²) in [6, 6.07) is 7.83. The third kappa shape index (κ3) is 3.94. The summed E-state index contributed by atoms with van der Waals surface area (Å²) >= 11 is 1.57. The van der Waals surface area contributed by atoms with Crippen molar-refractivity contribution in [1.29, 1.82) is 0 Å². The molecule has 0 amide bonds. The Bertz CT molecular complexity index is 1190. The molecule has 0 saturated carbocycles. The van der Waals surface area contributed by atoms with Crippen molar-refractivity contribution in [3.05, 3.63) is 68.8 Å². The quantitative estimate of drug-likeness (QED) is 0.458. The molecule has 0 radical (unpaired) electrons. The fourth-order valence-electron chi connectivity index (χ4n) is 3.31. The van der Waals surface area contributed by atoms with Gasteiger partial charge in [0.25, 0.3) is 5.56 Å². The molecule has 1 aromatic carbocycles. The van der Waals surface area contributed by atoms with Gasteiger partial charge < -0.3 is 15.0 Å². The van der Waals surface area contributed by atoms with Crippen molar-refractivity contribution in [2.75, 3.05) is 13.7 Å². The van der Waals surface area contributed by atoms with Gasteiger partial charge >= 0.3 is 0 Å². The van der Waals surface area contributed by atoms with Crippen molar-refractivity contribution < 1.29 is 4.74 Å². The van der Waals surface area contributed by atoms with Crippen LogP contribution in [0.1, 0.15) is 21.8 Å². The Morgan fingerprint density at radius 2 is 2.17 bits per heavy atom. The summed E-state index contributed by atoms with van der Waals surface area (Å²) in [5.74, 6) is 1.51. The molecule has 4 aromatic rings. The molecule has 8 heteroatoms. The first kappa shape index (κ1) is 19.4. The lowest BCUT2D eigenvalue weighted by molar-refractivity contribution is 0.414. The second kappa shape index (κ2) is 8.18. The largest absolute Gasteiger partial charge is 0.497 e. The molecule has 3 aromatic heterocycles. The highest BCUT2D eigenvalue weighted by Crippen LogP contribution is 2.25. The molecule has 4 rings (SSSR count). The third-order valence-electron chi connectivity index (χ3n) is 4.98. The molecule has 0 unspecified atom stereocenters. The van der Waals surface area contributed by atoms with Crippen LogP contribution >= 0.6 is 11.3 Å². The number of hydrogen-bond acceptors (Lipinski definition) is 6. The molecule has 0 bridgehead atoms. The van der Waals surface area contributed by atoms with Crippen LogP contribution < -0.4 is 15.6 Å². The molecule has 0 aliphatic carbocycles. The molecule has 2 N–H and O–H groups in total. The first-order valence-corrected chi connectivity index (χ1v) is 10.2. The summed E-state index contributed by atoms with van der Waals surface area (Å²) in [5, 5.41) is 8.47. The smallest absolute Gasteiger partial charge is 0.259 e. The summed E-state index contributed by atoms with van der Waals surface area (Å²) in [7, 11) is 1.66. The normalized spacial score (nSPS) is 11.3. The van der Waals surface area contributed by atoms with Crippen LogP contribution in [0.2, 0.25) is 0 Å². The number of methoxy groups -OCH3 is 1. The number of fused-ring (bicyclic) bond motifs is 1. The Morgan fingerprint density at radius 1 is 1.31 bits per heavy atom. The van der Waals surface area contributed by atoms with Crippen LogP contribution in [0.4, 0.5) is 0 Å². The van der Waals surface area contributed by atoms with Gasteiger partial charge in [0.1, 0.15) is 16.4 Å². The van der Waals surface area contributed by atoms with Crippen LogP contribution in [0, 0.1) is 13.8 Å². The Balaban J connectivity index is 1.46. The lowest BCUT2D eigenvalue weighted by Gasteiger charge is -2.12. The standard InChI is InChI=1S/C21H23N5O2S/c1-13-14(2)29-21-19(13)20(27)24-18(25-21)7-9-22-12-15-11-16(28-3)5-6-17(15)26-10-4-8-23-26/h4-6,8,10-11,22H,7,9,12H2,1-3H3,(H,24,25,27). The molecule has 0 atom stereocenters. The number of hydrogen-bond donors (Lipinski definition) is 2. The van der Waals surface area contributed by atoms with Gasteiger partial charge in [-0.05, 0) is 49.2 Å². The van der Waals surface area contributed by atoms with Crippen LogP contribution in [0.15, 0.2) is 41.5 Å². The number of benzene rings is 1. The minimum Gasteiger partial charge on any atom is -0.497 e. The molecular weight excluding hydrogens is 386 g/mol. The number of rotatable bonds is 7. The number of aromatic nitrogens is 4. The predicted octanol–water partition coefficient (Wildman–Crippen LogP) is 3.13. The molecule has 150 valence electrons. The Hall–Kier alpha value is -2.97. The maximum absolute atomic E-state index is 12.4. The third-order valence-corrected chi connectivity index (χ3v) is 6.08. The van der Waals surface area contributed by atoms with Crippen molar-refractivity contribution in [3.63, 3.8) is 0 Å². The number of aromatic amines is 1. The van der Waals surface area contributed by atoms with E-state index in [2.05, 4.69) is 20.4 Å². The van der Waals surface area contributed by atoms with Crippen molar-refractivity contribution in [3.8, 4) is 11.4 Å². The van der Waals surface area contributed by atoms with Crippen molar-refractivity contribution in [1.82, 2.24) is 25.1 Å². The minimum absolute atomic E-state index is 0.0550. The van der Waals surface area contributed by atoms with Gasteiger partial charge in [-0.25, -0.2) is 9.67 Å². The van der Waals surface area contributed by atoms with Gasteiger partial charge in [-0.1, -0.05) is 0 Å². The average molecular weight is 410 g/mol. The molecule has 0 spiro atoms. The lowest BCUT2D eigenvalue weighted by atomic mass is 10.1. The van der Waals surface area contributed by atoms with E-state index in [-0.39, 0.29) is 5.56 Å². The van der Waals surface area contributed by atoms with Crippen molar-refractivity contribution >= 4 is 21.6 Å². The number of aryl methyl sites for hydroxylation is 2. The number of H-pyrrole nitrogens is 1. The predicted molar refractivity (Wildman–Crippen MR) is 115 cm³/mol. The van der Waals surface area contributed by atoms with Crippen LogP contribution in [0.25, 0.3) is 15.9 Å². The van der Waals surface area contributed by atoms with Crippen LogP contribution in [0.3, 0.4) is 0 Å². The zero-order chi connectivity index (χ0) is 20.4. The van der Waals surface area contributed by atoms with Crippen LogP contribution in [0.5, 0.6) is 5.75 Å². The van der Waals surface area contributed by atoms with E-state index in [4.69, 9.17) is 4.74 Å². The molecular formula is C21H23N5O2S. The number of nitrogens with zero attached hydrogens (tertiary/aromatic N) is 3. The molecule has 0 saturated heterocycles. The van der Waals surface area contributed by atoms with Gasteiger partial charge in [-0.15, -0.1) is 11.3 Å². The van der Waals surface area contributed by atoms with Gasteiger partial charge in [0.15, 0.2) is 0 Å². The van der Waals surface area contributed by atoms with Gasteiger partial charge in [0.05, 0.1) is 18.2 Å². The Labute approximate surface area is 172 Å². The minimum atomic E-state index is -0.0550. The second-order valence-corrected chi connectivity index (χ2v) is 8.05. The average Bonchev–Trinajstić information content (AvgIpc) is 3.34. The van der Waals surface area contributed by atoms with Crippen molar-refractivity contribution in [2.45, 2.75) is 26.8 Å². The fraction of sp³-hybridized carbons (Fsp3) is 0.286. The number of thiophene rings is 1. The summed E-state index contributed by atoms with van der Waals surface area (Å²) in [5.41, 5.74) is 3.04. The molecule has 0 aliphatic heterocycles. The van der Waals surface area contributed by atoms with E-state index in [1.54, 1.807) is 24.6 Å². The summed E-state index contributed by atoms with van der Waals surface area (Å²) in [6.07, 6.45) is 4.32. The molecule has 0 fully saturated rings. The zero-order valence-corrected chi connectivity index (χ0v) is 17.5. The highest BCUT2D eigenvalue weighted by Gasteiger charge is 2.12. The maximum atomic E-state index is 12.4. The topological polar surface area (TPSA) is 84.8 Å². The highest BCUT2D eigenvalue weighted by atomic mass is 32.1. The molecule has 7 nitrogen and oxygen atoms in total. The van der Waals surface area contributed by atoms with E-state index < -0.39 is 0 Å². The van der Waals surface area contributed by atoms with E-state index in [1.165, 1.54) is 0 Å². The number of ether oxygens (including phenoxy) is 1. The van der Waals surface area contributed by atoms with Gasteiger partial charge in [0.2, 0.25) is 0 Å². The molecule has 29 heavy (non-hydrogen) atoms. The first-order valence-electron chi connectivity index (χ1n) is 9.43. The highest BCUT2D eigenvalue weighted by molar-refractivity contribution is 7.18. The second-order valence-electron chi connectivity index (χ2n) is 6.85. The van der Waals surface area contributed by atoms with Crippen LogP contribution in [-0.4, -0.2) is 33.4 Å². The maximum Gasteiger partial charge on any atom is 0.259 e.